The number of hydrogen-bond acceptors (Lipinski definition) is 3. The Morgan fingerprint density at radius 3 is 2.94 bits per heavy atom. The van der Waals surface area contributed by atoms with E-state index in [4.69, 9.17) is 20.8 Å². The van der Waals surface area contributed by atoms with E-state index in [9.17, 15) is 0 Å². The highest BCUT2D eigenvalue weighted by Gasteiger charge is 2.18. The van der Waals surface area contributed by atoms with Crippen molar-refractivity contribution in [2.75, 3.05) is 26.9 Å². The summed E-state index contributed by atoms with van der Waals surface area (Å²) < 4.78 is 16.2. The maximum Gasteiger partial charge on any atom is 0.218 e. The topological polar surface area (TPSA) is 32.0 Å². The largest absolute Gasteiger partial charge is 0.493 e. The van der Waals surface area contributed by atoms with Crippen LogP contribution in [0.2, 0.25) is 0 Å². The fourth-order valence-electron chi connectivity index (χ4n) is 1.66. The van der Waals surface area contributed by atoms with Gasteiger partial charge in [0.1, 0.15) is 13.2 Å². The first-order valence-corrected chi connectivity index (χ1v) is 5.15. The molecule has 16 heavy (non-hydrogen) atoms. The van der Waals surface area contributed by atoms with Gasteiger partial charge in [-0.3, -0.25) is 0 Å². The van der Waals surface area contributed by atoms with E-state index in [0.717, 1.165) is 5.56 Å². The number of ether oxygens (including phenoxy) is 3. The third-order valence-electron chi connectivity index (χ3n) is 2.40. The summed E-state index contributed by atoms with van der Waals surface area (Å²) in [4.78, 5) is 3.34. The number of hydrogen-bond donors (Lipinski definition) is 0. The second kappa shape index (κ2) is 4.75. The molecule has 0 unspecified atom stereocenters. The van der Waals surface area contributed by atoms with E-state index in [1.54, 1.807) is 7.11 Å². The molecule has 0 aromatic heterocycles. The Bertz CT molecular complexity index is 406. The van der Waals surface area contributed by atoms with Crippen molar-refractivity contribution >= 4 is 0 Å². The van der Waals surface area contributed by atoms with Crippen molar-refractivity contribution < 1.29 is 14.2 Å². The first-order valence-electron chi connectivity index (χ1n) is 5.15. The molecule has 0 saturated carbocycles. The molecule has 0 bridgehead atoms. The van der Waals surface area contributed by atoms with E-state index in [0.29, 0.717) is 43.4 Å². The normalized spacial score (nSPS) is 13.0. The van der Waals surface area contributed by atoms with Crippen LogP contribution in [-0.2, 0) is 6.42 Å². The van der Waals surface area contributed by atoms with E-state index in [-0.39, 0.29) is 0 Å². The maximum atomic E-state index is 6.78. The third-order valence-corrected chi connectivity index (χ3v) is 2.40. The quantitative estimate of drug-likeness (QED) is 0.728. The molecule has 0 saturated heterocycles. The molecule has 0 N–H and O–H groups in total. The molecule has 2 rings (SSSR count). The number of methoxy groups -OCH3 is 1. The molecular weight excluding hydrogens is 206 g/mol. The molecule has 0 spiro atoms. The van der Waals surface area contributed by atoms with E-state index in [2.05, 4.69) is 4.85 Å². The molecule has 0 aliphatic carbocycles. The van der Waals surface area contributed by atoms with Crippen LogP contribution < -0.4 is 14.2 Å². The van der Waals surface area contributed by atoms with Gasteiger partial charge in [-0.15, -0.1) is 0 Å². The average Bonchev–Trinajstić information content (AvgIpc) is 2.35. The van der Waals surface area contributed by atoms with Crippen LogP contribution in [0.25, 0.3) is 4.85 Å². The van der Waals surface area contributed by atoms with Gasteiger partial charge in [-0.2, -0.15) is 0 Å². The number of benzene rings is 1. The molecule has 1 aromatic carbocycles. The van der Waals surface area contributed by atoms with Gasteiger partial charge in [0, 0.05) is 6.42 Å². The van der Waals surface area contributed by atoms with Crippen LogP contribution in [0.15, 0.2) is 12.1 Å². The van der Waals surface area contributed by atoms with Crippen LogP contribution in [-0.4, -0.2) is 26.9 Å². The summed E-state index contributed by atoms with van der Waals surface area (Å²) in [5, 5.41) is 0. The number of fused-ring (bicyclic) bond motifs is 1. The number of rotatable bonds is 3. The molecule has 1 aromatic rings. The van der Waals surface area contributed by atoms with Gasteiger partial charge in [-0.25, -0.2) is 6.57 Å². The minimum absolute atomic E-state index is 0.475. The Labute approximate surface area is 94.6 Å². The monoisotopic (exact) mass is 219 g/mol. The second-order valence-corrected chi connectivity index (χ2v) is 3.45. The van der Waals surface area contributed by atoms with Crippen LogP contribution >= 0.6 is 0 Å². The SMILES string of the molecule is [C-]#[N+]CCc1cc(OC)c2c(c1)OCCO2. The summed E-state index contributed by atoms with van der Waals surface area (Å²) >= 11 is 0. The molecule has 84 valence electrons. The van der Waals surface area contributed by atoms with Crippen molar-refractivity contribution in [3.8, 4) is 17.2 Å². The summed E-state index contributed by atoms with van der Waals surface area (Å²) in [6, 6.07) is 3.82. The molecule has 1 heterocycles. The lowest BCUT2D eigenvalue weighted by Crippen LogP contribution is -2.16. The van der Waals surface area contributed by atoms with E-state index in [1.165, 1.54) is 0 Å². The van der Waals surface area contributed by atoms with E-state index in [1.807, 2.05) is 12.1 Å². The van der Waals surface area contributed by atoms with Crippen molar-refractivity contribution in [1.82, 2.24) is 0 Å². The molecule has 0 atom stereocenters. The highest BCUT2D eigenvalue weighted by atomic mass is 16.6. The summed E-state index contributed by atoms with van der Waals surface area (Å²) in [6.45, 7) is 8.36. The van der Waals surface area contributed by atoms with Gasteiger partial charge in [0.2, 0.25) is 12.3 Å². The van der Waals surface area contributed by atoms with E-state index >= 15 is 0 Å². The van der Waals surface area contributed by atoms with Crippen LogP contribution in [0.1, 0.15) is 5.56 Å². The van der Waals surface area contributed by atoms with Crippen molar-refractivity contribution in [2.45, 2.75) is 6.42 Å². The van der Waals surface area contributed by atoms with Crippen LogP contribution in [0.3, 0.4) is 0 Å². The smallest absolute Gasteiger partial charge is 0.218 e. The first kappa shape index (κ1) is 10.6. The van der Waals surface area contributed by atoms with E-state index < -0.39 is 0 Å². The lowest BCUT2D eigenvalue weighted by atomic mass is 10.1. The van der Waals surface area contributed by atoms with Gasteiger partial charge >= 0.3 is 0 Å². The highest BCUT2D eigenvalue weighted by molar-refractivity contribution is 5.54. The lowest BCUT2D eigenvalue weighted by Gasteiger charge is -2.21. The van der Waals surface area contributed by atoms with Gasteiger partial charge in [0.05, 0.1) is 7.11 Å². The minimum Gasteiger partial charge on any atom is -0.493 e. The molecule has 0 radical (unpaired) electrons. The van der Waals surface area contributed by atoms with Gasteiger partial charge in [-0.1, -0.05) is 0 Å². The Morgan fingerprint density at radius 2 is 2.19 bits per heavy atom. The summed E-state index contributed by atoms with van der Waals surface area (Å²) in [7, 11) is 1.60. The average molecular weight is 219 g/mol. The third kappa shape index (κ3) is 2.03. The molecular formula is C12H13NO3. The molecule has 0 fully saturated rings. The Hall–Kier alpha value is -1.89. The van der Waals surface area contributed by atoms with Gasteiger partial charge < -0.3 is 19.1 Å². The van der Waals surface area contributed by atoms with Crippen molar-refractivity contribution in [2.24, 2.45) is 0 Å². The summed E-state index contributed by atoms with van der Waals surface area (Å²) in [6.07, 6.45) is 0.705. The lowest BCUT2D eigenvalue weighted by molar-refractivity contribution is 0.165. The van der Waals surface area contributed by atoms with Crippen LogP contribution in [0.5, 0.6) is 17.2 Å². The molecule has 1 aliphatic rings. The zero-order valence-corrected chi connectivity index (χ0v) is 9.16. The fraction of sp³-hybridized carbons (Fsp3) is 0.417. The summed E-state index contributed by atoms with van der Waals surface area (Å²) in [5.74, 6) is 2.06. The Kier molecular flexibility index (Phi) is 3.16. The maximum absolute atomic E-state index is 6.78. The highest BCUT2D eigenvalue weighted by Crippen LogP contribution is 2.40. The molecule has 4 nitrogen and oxygen atoms in total. The fourth-order valence-corrected chi connectivity index (χ4v) is 1.66. The first-order chi connectivity index (χ1) is 7.85. The van der Waals surface area contributed by atoms with Crippen molar-refractivity contribution in [3.05, 3.63) is 29.1 Å². The van der Waals surface area contributed by atoms with Gasteiger partial charge in [-0.05, 0) is 17.7 Å². The summed E-state index contributed by atoms with van der Waals surface area (Å²) in [5.41, 5.74) is 1.04. The zero-order valence-electron chi connectivity index (χ0n) is 9.16. The second-order valence-electron chi connectivity index (χ2n) is 3.45. The Morgan fingerprint density at radius 1 is 1.38 bits per heavy atom. The Balaban J connectivity index is 2.32. The van der Waals surface area contributed by atoms with Crippen molar-refractivity contribution in [1.29, 1.82) is 0 Å². The molecule has 0 amide bonds. The van der Waals surface area contributed by atoms with Gasteiger partial charge in [0.15, 0.2) is 11.5 Å². The molecule has 4 heteroatoms. The predicted molar refractivity (Wildman–Crippen MR) is 59.2 cm³/mol. The van der Waals surface area contributed by atoms with Crippen LogP contribution in [0, 0.1) is 6.57 Å². The van der Waals surface area contributed by atoms with Crippen LogP contribution in [0.4, 0.5) is 0 Å². The standard InChI is InChI=1S/C12H13NO3/c1-13-4-3-9-7-10(14-2)12-11(8-9)15-5-6-16-12/h7-8H,3-6H2,2H3. The molecule has 1 aliphatic heterocycles. The van der Waals surface area contributed by atoms with Crippen molar-refractivity contribution in [3.63, 3.8) is 0 Å². The number of nitrogens with zero attached hydrogens (tertiary/aromatic N) is 1. The zero-order chi connectivity index (χ0) is 11.4. The predicted octanol–water partition coefficient (Wildman–Crippen LogP) is 1.93. The minimum atomic E-state index is 0.475. The van der Waals surface area contributed by atoms with Gasteiger partial charge in [0.25, 0.3) is 0 Å².